The lowest BCUT2D eigenvalue weighted by Crippen LogP contribution is -2.41. The topological polar surface area (TPSA) is 70.6 Å². The largest absolute Gasteiger partial charge is 0.302 e. The molecule has 6 nitrogen and oxygen atoms in total. The molecule has 0 aliphatic heterocycles. The first kappa shape index (κ1) is 22.4. The molecule has 0 fully saturated rings. The molecule has 0 unspecified atom stereocenters. The van der Waals surface area contributed by atoms with E-state index >= 15 is 0 Å². The SMILES string of the molecule is CCN(CC)CCN(C(=O)CS(=O)(=O)c1ccccc1)c1nc2ccc(C)cc2s1. The number of nitrogens with zero attached hydrogens (tertiary/aromatic N) is 3. The summed E-state index contributed by atoms with van der Waals surface area (Å²) in [7, 11) is -3.73. The zero-order valence-electron chi connectivity index (χ0n) is 17.5. The number of benzene rings is 2. The summed E-state index contributed by atoms with van der Waals surface area (Å²) in [4.78, 5) is 21.7. The Morgan fingerprint density at radius 3 is 2.40 bits per heavy atom. The number of amides is 1. The van der Waals surface area contributed by atoms with Gasteiger partial charge in [0, 0.05) is 13.1 Å². The molecule has 0 atom stereocenters. The van der Waals surface area contributed by atoms with E-state index in [0.717, 1.165) is 28.9 Å². The summed E-state index contributed by atoms with van der Waals surface area (Å²) < 4.78 is 26.5. The number of aromatic nitrogens is 1. The van der Waals surface area contributed by atoms with Gasteiger partial charge < -0.3 is 4.90 Å². The van der Waals surface area contributed by atoms with Crippen molar-refractivity contribution in [1.82, 2.24) is 9.88 Å². The summed E-state index contributed by atoms with van der Waals surface area (Å²) in [6.07, 6.45) is 0. The van der Waals surface area contributed by atoms with Gasteiger partial charge in [-0.3, -0.25) is 9.69 Å². The van der Waals surface area contributed by atoms with E-state index in [4.69, 9.17) is 0 Å². The fraction of sp³-hybridized carbons (Fsp3) is 0.364. The Hall–Kier alpha value is -2.29. The monoisotopic (exact) mass is 445 g/mol. The van der Waals surface area contributed by atoms with Crippen molar-refractivity contribution in [2.24, 2.45) is 0 Å². The molecule has 0 aliphatic rings. The van der Waals surface area contributed by atoms with Crippen LogP contribution in [0.1, 0.15) is 19.4 Å². The number of carbonyl (C=O) groups excluding carboxylic acids is 1. The molecule has 0 saturated heterocycles. The number of anilines is 1. The van der Waals surface area contributed by atoms with Gasteiger partial charge in [0.15, 0.2) is 15.0 Å². The quantitative estimate of drug-likeness (QED) is 0.502. The van der Waals surface area contributed by atoms with E-state index in [1.165, 1.54) is 28.4 Å². The highest BCUT2D eigenvalue weighted by Crippen LogP contribution is 2.30. The zero-order valence-corrected chi connectivity index (χ0v) is 19.2. The maximum absolute atomic E-state index is 13.2. The Labute approximate surface area is 182 Å². The van der Waals surface area contributed by atoms with E-state index in [1.54, 1.807) is 18.2 Å². The summed E-state index contributed by atoms with van der Waals surface area (Å²) >= 11 is 1.42. The van der Waals surface area contributed by atoms with Gasteiger partial charge >= 0.3 is 0 Å². The van der Waals surface area contributed by atoms with Crippen LogP contribution in [0.25, 0.3) is 10.2 Å². The molecule has 1 amide bonds. The molecule has 2 aromatic carbocycles. The molecule has 0 aliphatic carbocycles. The molecule has 1 heterocycles. The van der Waals surface area contributed by atoms with Gasteiger partial charge in [0.05, 0.1) is 15.1 Å². The highest BCUT2D eigenvalue weighted by molar-refractivity contribution is 7.92. The summed E-state index contributed by atoms with van der Waals surface area (Å²) in [5, 5.41) is 0.538. The molecule has 3 aromatic rings. The van der Waals surface area contributed by atoms with Gasteiger partial charge in [-0.25, -0.2) is 13.4 Å². The summed E-state index contributed by atoms with van der Waals surface area (Å²) in [5.41, 5.74) is 1.93. The smallest absolute Gasteiger partial charge is 0.244 e. The minimum atomic E-state index is -3.73. The van der Waals surface area contributed by atoms with Crippen LogP contribution in [0.15, 0.2) is 53.4 Å². The third-order valence-corrected chi connectivity index (χ3v) is 7.67. The fourth-order valence-electron chi connectivity index (χ4n) is 3.20. The molecule has 0 radical (unpaired) electrons. The molecule has 0 spiro atoms. The predicted molar refractivity (Wildman–Crippen MR) is 123 cm³/mol. The van der Waals surface area contributed by atoms with Gasteiger partial charge in [0.2, 0.25) is 5.91 Å². The highest BCUT2D eigenvalue weighted by Gasteiger charge is 2.26. The lowest BCUT2D eigenvalue weighted by atomic mass is 10.2. The predicted octanol–water partition coefficient (Wildman–Crippen LogP) is 3.75. The van der Waals surface area contributed by atoms with Gasteiger partial charge in [-0.15, -0.1) is 0 Å². The van der Waals surface area contributed by atoms with Crippen LogP contribution in [-0.4, -0.2) is 56.1 Å². The number of rotatable bonds is 9. The van der Waals surface area contributed by atoms with Crippen molar-refractivity contribution in [2.75, 3.05) is 36.8 Å². The van der Waals surface area contributed by atoms with Crippen molar-refractivity contribution in [3.8, 4) is 0 Å². The average Bonchev–Trinajstić information content (AvgIpc) is 3.14. The average molecular weight is 446 g/mol. The summed E-state index contributed by atoms with van der Waals surface area (Å²) in [6.45, 7) is 8.91. The minimum absolute atomic E-state index is 0.155. The van der Waals surface area contributed by atoms with Crippen LogP contribution in [0.5, 0.6) is 0 Å². The van der Waals surface area contributed by atoms with Gasteiger partial charge in [-0.1, -0.05) is 49.4 Å². The molecule has 30 heavy (non-hydrogen) atoms. The number of carbonyl (C=O) groups is 1. The second-order valence-electron chi connectivity index (χ2n) is 7.11. The van der Waals surface area contributed by atoms with E-state index in [-0.39, 0.29) is 4.90 Å². The van der Waals surface area contributed by atoms with E-state index < -0.39 is 21.5 Å². The molecular weight excluding hydrogens is 418 g/mol. The Kier molecular flexibility index (Phi) is 7.23. The minimum Gasteiger partial charge on any atom is -0.302 e. The molecule has 0 bridgehead atoms. The maximum atomic E-state index is 13.2. The van der Waals surface area contributed by atoms with Crippen molar-refractivity contribution < 1.29 is 13.2 Å². The number of hydrogen-bond donors (Lipinski definition) is 0. The molecule has 0 saturated carbocycles. The number of likely N-dealkylation sites (N-methyl/N-ethyl adjacent to an activating group) is 1. The van der Waals surface area contributed by atoms with Crippen LogP contribution in [0.4, 0.5) is 5.13 Å². The fourth-order valence-corrected chi connectivity index (χ4v) is 5.52. The first-order chi connectivity index (χ1) is 14.3. The van der Waals surface area contributed by atoms with Crippen molar-refractivity contribution in [2.45, 2.75) is 25.7 Å². The Balaban J connectivity index is 1.90. The zero-order chi connectivity index (χ0) is 21.7. The van der Waals surface area contributed by atoms with Crippen molar-refractivity contribution in [3.63, 3.8) is 0 Å². The van der Waals surface area contributed by atoms with E-state index in [0.29, 0.717) is 18.2 Å². The Morgan fingerprint density at radius 2 is 1.73 bits per heavy atom. The van der Waals surface area contributed by atoms with Crippen molar-refractivity contribution in [3.05, 3.63) is 54.1 Å². The highest BCUT2D eigenvalue weighted by atomic mass is 32.2. The third-order valence-electron chi connectivity index (χ3n) is 5.01. The lowest BCUT2D eigenvalue weighted by Gasteiger charge is -2.24. The maximum Gasteiger partial charge on any atom is 0.244 e. The van der Waals surface area contributed by atoms with Gasteiger partial charge in [0.25, 0.3) is 0 Å². The second kappa shape index (κ2) is 9.68. The van der Waals surface area contributed by atoms with Crippen LogP contribution < -0.4 is 4.90 Å². The van der Waals surface area contributed by atoms with Gasteiger partial charge in [-0.2, -0.15) is 0 Å². The number of fused-ring (bicyclic) bond motifs is 1. The van der Waals surface area contributed by atoms with E-state index in [1.807, 2.05) is 25.1 Å². The molecule has 1 aromatic heterocycles. The van der Waals surface area contributed by atoms with Crippen molar-refractivity contribution >= 4 is 42.4 Å². The van der Waals surface area contributed by atoms with Crippen LogP contribution in [0.3, 0.4) is 0 Å². The standard InChI is InChI=1S/C22H27N3O3S2/c1-4-24(5-2)13-14-25(22-23-19-12-11-17(3)15-20(19)29-22)21(26)16-30(27,28)18-9-7-6-8-10-18/h6-12,15H,4-5,13-14,16H2,1-3H3. The Bertz CT molecular complexity index is 1110. The first-order valence-corrected chi connectivity index (χ1v) is 12.5. The number of thiazole rings is 1. The van der Waals surface area contributed by atoms with Gasteiger partial charge in [0.1, 0.15) is 5.75 Å². The van der Waals surface area contributed by atoms with Gasteiger partial charge in [-0.05, 0) is 49.8 Å². The number of aryl methyl sites for hydroxylation is 1. The Morgan fingerprint density at radius 1 is 1.03 bits per heavy atom. The third kappa shape index (κ3) is 5.24. The van der Waals surface area contributed by atoms with E-state index in [2.05, 4.69) is 23.7 Å². The summed E-state index contributed by atoms with van der Waals surface area (Å²) in [6, 6.07) is 14.0. The number of sulfone groups is 1. The van der Waals surface area contributed by atoms with Crippen molar-refractivity contribution in [1.29, 1.82) is 0 Å². The number of hydrogen-bond acceptors (Lipinski definition) is 6. The second-order valence-corrected chi connectivity index (χ2v) is 10.1. The first-order valence-electron chi connectivity index (χ1n) is 10.0. The normalized spacial score (nSPS) is 11.9. The van der Waals surface area contributed by atoms with Crippen LogP contribution in [-0.2, 0) is 14.6 Å². The van der Waals surface area contributed by atoms with Crippen LogP contribution in [0, 0.1) is 6.92 Å². The lowest BCUT2D eigenvalue weighted by molar-refractivity contribution is -0.116. The van der Waals surface area contributed by atoms with Crippen LogP contribution in [0.2, 0.25) is 0 Å². The molecule has 8 heteroatoms. The van der Waals surface area contributed by atoms with E-state index in [9.17, 15) is 13.2 Å². The molecule has 3 rings (SSSR count). The summed E-state index contributed by atoms with van der Waals surface area (Å²) in [5.74, 6) is -1.04. The van der Waals surface area contributed by atoms with Crippen LogP contribution >= 0.6 is 11.3 Å². The molecular formula is C22H27N3O3S2. The molecule has 0 N–H and O–H groups in total. The molecule has 160 valence electrons.